The van der Waals surface area contributed by atoms with Gasteiger partial charge in [-0.1, -0.05) is 48.0 Å². The van der Waals surface area contributed by atoms with Gasteiger partial charge in [0, 0.05) is 17.0 Å². The molecule has 0 bridgehead atoms. The Morgan fingerprint density at radius 3 is 2.44 bits per heavy atom. The molecule has 0 saturated carbocycles. The van der Waals surface area contributed by atoms with E-state index < -0.39 is 11.4 Å². The highest BCUT2D eigenvalue weighted by Crippen LogP contribution is 2.29. The molecule has 3 heteroatoms. The first kappa shape index (κ1) is 13.1. The lowest BCUT2D eigenvalue weighted by molar-refractivity contribution is 0.0538. The number of hydrogen-bond donors (Lipinski definition) is 1. The van der Waals surface area contributed by atoms with Crippen LogP contribution in [0.25, 0.3) is 0 Å². The van der Waals surface area contributed by atoms with Crippen molar-refractivity contribution in [1.82, 2.24) is 0 Å². The van der Waals surface area contributed by atoms with Gasteiger partial charge in [-0.15, -0.1) is 0 Å². The molecule has 1 N–H and O–H groups in total. The minimum absolute atomic E-state index is 0.260. The van der Waals surface area contributed by atoms with Gasteiger partial charge in [0.2, 0.25) is 0 Å². The summed E-state index contributed by atoms with van der Waals surface area (Å²) >= 11 is 5.71. The molecular weight excluding hydrogens is 251 g/mol. The van der Waals surface area contributed by atoms with Crippen molar-refractivity contribution >= 4 is 11.6 Å². The monoisotopic (exact) mass is 264 g/mol. The molecule has 18 heavy (non-hydrogen) atoms. The van der Waals surface area contributed by atoms with Gasteiger partial charge < -0.3 is 5.11 Å². The van der Waals surface area contributed by atoms with Gasteiger partial charge in [-0.2, -0.15) is 0 Å². The predicted octanol–water partition coefficient (Wildman–Crippen LogP) is 3.93. The van der Waals surface area contributed by atoms with Crippen LogP contribution in [0.1, 0.15) is 18.1 Å². The number of benzene rings is 2. The van der Waals surface area contributed by atoms with E-state index in [1.165, 1.54) is 12.1 Å². The summed E-state index contributed by atoms with van der Waals surface area (Å²) < 4.78 is 13.8. The Kier molecular flexibility index (Phi) is 3.69. The lowest BCUT2D eigenvalue weighted by Crippen LogP contribution is -2.25. The highest BCUT2D eigenvalue weighted by Gasteiger charge is 2.26. The molecule has 0 aromatic heterocycles. The van der Waals surface area contributed by atoms with Crippen molar-refractivity contribution < 1.29 is 9.50 Å². The Hall–Kier alpha value is -1.38. The van der Waals surface area contributed by atoms with Crippen LogP contribution < -0.4 is 0 Å². The molecule has 2 aromatic rings. The second-order valence-corrected chi connectivity index (χ2v) is 5.00. The average Bonchev–Trinajstić information content (AvgIpc) is 2.29. The van der Waals surface area contributed by atoms with E-state index in [9.17, 15) is 9.50 Å². The van der Waals surface area contributed by atoms with Crippen LogP contribution in [0.5, 0.6) is 0 Å². The van der Waals surface area contributed by atoms with Crippen molar-refractivity contribution in [3.63, 3.8) is 0 Å². The molecule has 0 saturated heterocycles. The van der Waals surface area contributed by atoms with Crippen molar-refractivity contribution in [2.24, 2.45) is 0 Å². The molecule has 0 amide bonds. The molecule has 0 fully saturated rings. The minimum Gasteiger partial charge on any atom is -0.385 e. The van der Waals surface area contributed by atoms with E-state index in [1.54, 1.807) is 13.0 Å². The van der Waals surface area contributed by atoms with Gasteiger partial charge in [0.15, 0.2) is 0 Å². The summed E-state index contributed by atoms with van der Waals surface area (Å²) in [4.78, 5) is 0. The van der Waals surface area contributed by atoms with Crippen molar-refractivity contribution in [2.75, 3.05) is 0 Å². The van der Waals surface area contributed by atoms with Gasteiger partial charge in [0.25, 0.3) is 0 Å². The molecule has 0 aliphatic rings. The third-order valence-corrected chi connectivity index (χ3v) is 3.14. The Bertz CT molecular complexity index is 537. The van der Waals surface area contributed by atoms with Crippen LogP contribution in [-0.4, -0.2) is 5.11 Å². The first-order valence-corrected chi connectivity index (χ1v) is 6.09. The highest BCUT2D eigenvalue weighted by molar-refractivity contribution is 6.30. The second kappa shape index (κ2) is 5.09. The Morgan fingerprint density at radius 2 is 1.83 bits per heavy atom. The van der Waals surface area contributed by atoms with Crippen LogP contribution >= 0.6 is 11.6 Å². The molecular formula is C15H14ClFO. The first-order chi connectivity index (χ1) is 8.49. The smallest absolute Gasteiger partial charge is 0.130 e. The third-order valence-electron chi connectivity index (χ3n) is 2.90. The summed E-state index contributed by atoms with van der Waals surface area (Å²) in [5, 5.41) is 10.8. The van der Waals surface area contributed by atoms with Crippen molar-refractivity contribution in [1.29, 1.82) is 0 Å². The lowest BCUT2D eigenvalue weighted by Gasteiger charge is -2.24. The quantitative estimate of drug-likeness (QED) is 0.891. The summed E-state index contributed by atoms with van der Waals surface area (Å²) in [6, 6.07) is 13.8. The maximum Gasteiger partial charge on any atom is 0.130 e. The fourth-order valence-corrected chi connectivity index (χ4v) is 2.17. The Balaban J connectivity index is 2.30. The fourth-order valence-electron chi connectivity index (χ4n) is 2.01. The van der Waals surface area contributed by atoms with Crippen molar-refractivity contribution in [3.05, 3.63) is 70.5 Å². The molecule has 0 aliphatic carbocycles. The van der Waals surface area contributed by atoms with Crippen molar-refractivity contribution in [3.8, 4) is 0 Å². The molecule has 0 radical (unpaired) electrons. The number of hydrogen-bond acceptors (Lipinski definition) is 1. The normalized spacial score (nSPS) is 14.2. The molecule has 2 aromatic carbocycles. The largest absolute Gasteiger partial charge is 0.385 e. The molecule has 2 rings (SSSR count). The van der Waals surface area contributed by atoms with Gasteiger partial charge >= 0.3 is 0 Å². The maximum absolute atomic E-state index is 13.8. The topological polar surface area (TPSA) is 20.2 Å². The highest BCUT2D eigenvalue weighted by atomic mass is 35.5. The van der Waals surface area contributed by atoms with Crippen LogP contribution in [0.3, 0.4) is 0 Å². The van der Waals surface area contributed by atoms with E-state index >= 15 is 0 Å². The molecule has 1 unspecified atom stereocenters. The lowest BCUT2D eigenvalue weighted by atomic mass is 9.89. The summed E-state index contributed by atoms with van der Waals surface area (Å²) in [6.07, 6.45) is 0.354. The maximum atomic E-state index is 13.8. The van der Waals surface area contributed by atoms with Crippen LogP contribution in [-0.2, 0) is 12.0 Å². The predicted molar refractivity (Wildman–Crippen MR) is 71.1 cm³/mol. The molecule has 0 spiro atoms. The van der Waals surface area contributed by atoms with Crippen LogP contribution in [0.15, 0.2) is 48.5 Å². The van der Waals surface area contributed by atoms with Gasteiger partial charge in [-0.05, 0) is 24.6 Å². The molecule has 1 atom stereocenters. The van der Waals surface area contributed by atoms with E-state index in [4.69, 9.17) is 11.6 Å². The van der Waals surface area contributed by atoms with Gasteiger partial charge in [-0.25, -0.2) is 4.39 Å². The zero-order valence-electron chi connectivity index (χ0n) is 10.0. The van der Waals surface area contributed by atoms with Gasteiger partial charge in [-0.3, -0.25) is 0 Å². The van der Waals surface area contributed by atoms with Crippen molar-refractivity contribution in [2.45, 2.75) is 18.9 Å². The van der Waals surface area contributed by atoms with E-state index in [-0.39, 0.29) is 5.56 Å². The summed E-state index contributed by atoms with van der Waals surface area (Å²) in [5.41, 5.74) is -0.0386. The van der Waals surface area contributed by atoms with E-state index in [1.807, 2.05) is 30.3 Å². The Labute approximate surface area is 111 Å². The fraction of sp³-hybridized carbons (Fsp3) is 0.200. The number of aliphatic hydroxyl groups is 1. The van der Waals surface area contributed by atoms with E-state index in [0.717, 1.165) is 5.56 Å². The van der Waals surface area contributed by atoms with Gasteiger partial charge in [0.05, 0.1) is 5.60 Å². The summed E-state index contributed by atoms with van der Waals surface area (Å²) in [5.74, 6) is -0.483. The third kappa shape index (κ3) is 2.89. The molecule has 0 heterocycles. The molecule has 1 nitrogen and oxygen atoms in total. The zero-order valence-corrected chi connectivity index (χ0v) is 10.8. The number of halogens is 2. The minimum atomic E-state index is -1.25. The first-order valence-electron chi connectivity index (χ1n) is 5.71. The number of rotatable bonds is 3. The van der Waals surface area contributed by atoms with Gasteiger partial charge in [0.1, 0.15) is 5.82 Å². The zero-order chi connectivity index (χ0) is 13.2. The van der Waals surface area contributed by atoms with Crippen LogP contribution in [0.4, 0.5) is 4.39 Å². The Morgan fingerprint density at radius 1 is 1.17 bits per heavy atom. The summed E-state index contributed by atoms with van der Waals surface area (Å²) in [6.45, 7) is 1.60. The molecule has 0 aliphatic heterocycles. The van der Waals surface area contributed by atoms with Crippen LogP contribution in [0.2, 0.25) is 5.02 Å². The summed E-state index contributed by atoms with van der Waals surface area (Å²) in [7, 11) is 0. The SMILES string of the molecule is CC(O)(Cc1ccccc1)c1ccc(Cl)cc1F. The standard InChI is InChI=1S/C15H14ClFO/c1-15(18,10-11-5-3-2-4-6-11)13-8-7-12(16)9-14(13)17/h2-9,18H,10H2,1H3. The molecule has 94 valence electrons. The van der Waals surface area contributed by atoms with E-state index in [0.29, 0.717) is 11.4 Å². The second-order valence-electron chi connectivity index (χ2n) is 4.56. The van der Waals surface area contributed by atoms with E-state index in [2.05, 4.69) is 0 Å². The van der Waals surface area contributed by atoms with Crippen LogP contribution in [0, 0.1) is 5.82 Å². The average molecular weight is 265 g/mol.